The first-order valence-electron chi connectivity index (χ1n) is 8.77. The molecule has 0 unspecified atom stereocenters. The quantitative estimate of drug-likeness (QED) is 0.837. The first kappa shape index (κ1) is 18.7. The molecule has 6 heteroatoms. The molecule has 2 aromatic rings. The number of nitrogens with one attached hydrogen (secondary N) is 1. The van der Waals surface area contributed by atoms with Crippen molar-refractivity contribution < 1.29 is 19.1 Å². The van der Waals surface area contributed by atoms with E-state index in [1.54, 1.807) is 21.3 Å². The molecule has 0 amide bonds. The fraction of sp³-hybridized carbons (Fsp3) is 0.400. The zero-order chi connectivity index (χ0) is 18.5. The molecular weight excluding hydrogens is 352 g/mol. The Labute approximate surface area is 160 Å². The van der Waals surface area contributed by atoms with Crippen molar-refractivity contribution in [1.29, 1.82) is 0 Å². The van der Waals surface area contributed by atoms with Gasteiger partial charge in [0.25, 0.3) is 0 Å². The smallest absolute Gasteiger partial charge is 0.164 e. The third-order valence-electron chi connectivity index (χ3n) is 4.87. The lowest BCUT2D eigenvalue weighted by atomic mass is 10.1. The Morgan fingerprint density at radius 3 is 2.19 bits per heavy atom. The van der Waals surface area contributed by atoms with Gasteiger partial charge in [0.05, 0.1) is 53.1 Å². The molecule has 3 rings (SSSR count). The number of hydrogen-bond donors (Lipinski definition) is 1. The molecule has 0 saturated carbocycles. The van der Waals surface area contributed by atoms with E-state index in [-0.39, 0.29) is 0 Å². The van der Waals surface area contributed by atoms with Crippen LogP contribution in [0.25, 0.3) is 0 Å². The predicted molar refractivity (Wildman–Crippen MR) is 104 cm³/mol. The van der Waals surface area contributed by atoms with E-state index in [1.807, 2.05) is 30.3 Å². The van der Waals surface area contributed by atoms with E-state index in [0.29, 0.717) is 5.75 Å². The van der Waals surface area contributed by atoms with Crippen LogP contribution in [0.1, 0.15) is 5.56 Å². The summed E-state index contributed by atoms with van der Waals surface area (Å²) < 4.78 is 16.4. The zero-order valence-electron chi connectivity index (χ0n) is 15.5. The van der Waals surface area contributed by atoms with E-state index >= 15 is 0 Å². The molecule has 1 N–H and O–H groups in total. The Kier molecular flexibility index (Phi) is 6.12. The molecule has 2 aromatic carbocycles. The molecule has 0 radical (unpaired) electrons. The molecule has 1 aliphatic heterocycles. The number of benzene rings is 2. The van der Waals surface area contributed by atoms with Crippen LogP contribution in [0.15, 0.2) is 36.4 Å². The molecule has 0 spiro atoms. The average molecular weight is 378 g/mol. The summed E-state index contributed by atoms with van der Waals surface area (Å²) in [6, 6.07) is 12.0. The highest BCUT2D eigenvalue weighted by atomic mass is 35.5. The SMILES string of the molecule is COc1cc(OC)c(OC)cc1C[NH+]1CCN(c2cccc(Cl)c2)CC1. The van der Waals surface area contributed by atoms with Crippen molar-refractivity contribution in [3.05, 3.63) is 47.0 Å². The van der Waals surface area contributed by atoms with Crippen LogP contribution in [0.5, 0.6) is 17.2 Å². The van der Waals surface area contributed by atoms with E-state index in [2.05, 4.69) is 11.0 Å². The van der Waals surface area contributed by atoms with Crippen molar-refractivity contribution in [3.8, 4) is 17.2 Å². The molecular formula is C20H26ClN2O3+. The highest BCUT2D eigenvalue weighted by molar-refractivity contribution is 6.30. The van der Waals surface area contributed by atoms with E-state index in [1.165, 1.54) is 10.6 Å². The van der Waals surface area contributed by atoms with Crippen LogP contribution in [-0.2, 0) is 6.54 Å². The van der Waals surface area contributed by atoms with Gasteiger partial charge in [0, 0.05) is 16.8 Å². The van der Waals surface area contributed by atoms with Crippen LogP contribution >= 0.6 is 11.6 Å². The highest BCUT2D eigenvalue weighted by Gasteiger charge is 2.23. The number of rotatable bonds is 6. The minimum Gasteiger partial charge on any atom is -0.496 e. The van der Waals surface area contributed by atoms with Crippen molar-refractivity contribution in [3.63, 3.8) is 0 Å². The predicted octanol–water partition coefficient (Wildman–Crippen LogP) is 2.27. The second-order valence-corrected chi connectivity index (χ2v) is 6.85. The van der Waals surface area contributed by atoms with Gasteiger partial charge in [0.15, 0.2) is 11.5 Å². The van der Waals surface area contributed by atoms with Crippen molar-refractivity contribution >= 4 is 17.3 Å². The summed E-state index contributed by atoms with van der Waals surface area (Å²) >= 11 is 6.12. The van der Waals surface area contributed by atoms with Gasteiger partial charge >= 0.3 is 0 Å². The molecule has 0 atom stereocenters. The molecule has 0 aromatic heterocycles. The molecule has 1 saturated heterocycles. The van der Waals surface area contributed by atoms with Crippen molar-refractivity contribution in [2.24, 2.45) is 0 Å². The Bertz CT molecular complexity index is 746. The average Bonchev–Trinajstić information content (AvgIpc) is 2.68. The summed E-state index contributed by atoms with van der Waals surface area (Å²) in [4.78, 5) is 3.91. The summed E-state index contributed by atoms with van der Waals surface area (Å²) in [7, 11) is 4.99. The number of halogens is 1. The first-order valence-corrected chi connectivity index (χ1v) is 9.15. The van der Waals surface area contributed by atoms with Gasteiger partial charge < -0.3 is 24.0 Å². The summed E-state index contributed by atoms with van der Waals surface area (Å²) in [6.45, 7) is 5.03. The Morgan fingerprint density at radius 1 is 0.923 bits per heavy atom. The number of quaternary nitrogens is 1. The normalized spacial score (nSPS) is 15.0. The number of nitrogens with zero attached hydrogens (tertiary/aromatic N) is 1. The maximum atomic E-state index is 6.12. The fourth-order valence-electron chi connectivity index (χ4n) is 3.43. The van der Waals surface area contributed by atoms with Gasteiger partial charge in [-0.05, 0) is 24.3 Å². The van der Waals surface area contributed by atoms with Gasteiger partial charge in [-0.15, -0.1) is 0 Å². The lowest BCUT2D eigenvalue weighted by Gasteiger charge is -2.34. The fourth-order valence-corrected chi connectivity index (χ4v) is 3.62. The van der Waals surface area contributed by atoms with Crippen molar-refractivity contribution in [2.75, 3.05) is 52.4 Å². The van der Waals surface area contributed by atoms with Gasteiger partial charge in [-0.2, -0.15) is 0 Å². The van der Waals surface area contributed by atoms with Gasteiger partial charge in [-0.25, -0.2) is 0 Å². The van der Waals surface area contributed by atoms with Crippen LogP contribution in [-0.4, -0.2) is 47.5 Å². The molecule has 5 nitrogen and oxygen atoms in total. The highest BCUT2D eigenvalue weighted by Crippen LogP contribution is 2.34. The van der Waals surface area contributed by atoms with Crippen LogP contribution in [0, 0.1) is 0 Å². The summed E-state index contributed by atoms with van der Waals surface area (Å²) in [5.41, 5.74) is 2.33. The monoisotopic (exact) mass is 377 g/mol. The van der Waals surface area contributed by atoms with Gasteiger partial charge in [-0.3, -0.25) is 0 Å². The standard InChI is InChI=1S/C20H25ClN2O3/c1-24-18-13-20(26-3)19(25-2)11-15(18)14-22-7-9-23(10-8-22)17-6-4-5-16(21)12-17/h4-6,11-13H,7-10,14H2,1-3H3/p+1. The lowest BCUT2D eigenvalue weighted by Crippen LogP contribution is -3.13. The van der Waals surface area contributed by atoms with E-state index in [4.69, 9.17) is 25.8 Å². The van der Waals surface area contributed by atoms with Crippen LogP contribution in [0.2, 0.25) is 5.02 Å². The van der Waals surface area contributed by atoms with Gasteiger partial charge in [-0.1, -0.05) is 17.7 Å². The Hall–Kier alpha value is -2.11. The molecule has 0 aliphatic carbocycles. The Balaban J connectivity index is 1.67. The molecule has 140 valence electrons. The Morgan fingerprint density at radius 2 is 1.58 bits per heavy atom. The van der Waals surface area contributed by atoms with E-state index < -0.39 is 0 Å². The van der Waals surface area contributed by atoms with E-state index in [0.717, 1.165) is 54.8 Å². The number of ether oxygens (including phenoxy) is 3. The number of hydrogen-bond acceptors (Lipinski definition) is 4. The van der Waals surface area contributed by atoms with Crippen LogP contribution < -0.4 is 24.0 Å². The summed E-state index contributed by atoms with van der Waals surface area (Å²) in [6.07, 6.45) is 0. The topological polar surface area (TPSA) is 35.4 Å². The largest absolute Gasteiger partial charge is 0.496 e. The number of methoxy groups -OCH3 is 3. The molecule has 26 heavy (non-hydrogen) atoms. The van der Waals surface area contributed by atoms with Crippen molar-refractivity contribution in [1.82, 2.24) is 0 Å². The minimum absolute atomic E-state index is 0.689. The third kappa shape index (κ3) is 4.17. The molecule has 0 bridgehead atoms. The number of anilines is 1. The van der Waals surface area contributed by atoms with Gasteiger partial charge in [0.1, 0.15) is 12.3 Å². The lowest BCUT2D eigenvalue weighted by molar-refractivity contribution is -0.914. The van der Waals surface area contributed by atoms with Gasteiger partial charge in [0.2, 0.25) is 0 Å². The molecule has 1 heterocycles. The maximum Gasteiger partial charge on any atom is 0.164 e. The third-order valence-corrected chi connectivity index (χ3v) is 5.11. The second kappa shape index (κ2) is 8.52. The summed E-state index contributed by atoms with van der Waals surface area (Å²) in [5.74, 6) is 2.27. The van der Waals surface area contributed by atoms with E-state index in [9.17, 15) is 0 Å². The van der Waals surface area contributed by atoms with Crippen LogP contribution in [0.3, 0.4) is 0 Å². The summed E-state index contributed by atoms with van der Waals surface area (Å²) in [5, 5.41) is 0.785. The molecule has 1 aliphatic rings. The van der Waals surface area contributed by atoms with Crippen molar-refractivity contribution in [2.45, 2.75) is 6.54 Å². The maximum absolute atomic E-state index is 6.12. The second-order valence-electron chi connectivity index (χ2n) is 6.41. The molecule has 1 fully saturated rings. The number of piperazine rings is 1. The first-order chi connectivity index (χ1) is 12.6. The zero-order valence-corrected chi connectivity index (χ0v) is 16.3. The minimum atomic E-state index is 0.689. The van der Waals surface area contributed by atoms with Crippen LogP contribution in [0.4, 0.5) is 5.69 Å².